The van der Waals surface area contributed by atoms with Crippen molar-refractivity contribution in [2.24, 2.45) is 0 Å². The first-order valence-corrected chi connectivity index (χ1v) is 8.49. The maximum atomic E-state index is 12.2. The summed E-state index contributed by atoms with van der Waals surface area (Å²) in [5, 5.41) is 3.31. The van der Waals surface area contributed by atoms with E-state index in [1.165, 1.54) is 16.2 Å². The predicted octanol–water partition coefficient (Wildman–Crippen LogP) is 4.53. The number of hydrogen-bond acceptors (Lipinski definition) is 3. The van der Waals surface area contributed by atoms with Crippen molar-refractivity contribution in [2.45, 2.75) is 0 Å². The molecule has 0 saturated heterocycles. The van der Waals surface area contributed by atoms with Gasteiger partial charge in [-0.25, -0.2) is 0 Å². The van der Waals surface area contributed by atoms with Crippen molar-refractivity contribution >= 4 is 68.0 Å². The molecule has 0 aliphatic rings. The molecule has 0 unspecified atom stereocenters. The predicted molar refractivity (Wildman–Crippen MR) is 94.1 cm³/mol. The number of para-hydroxylation sites is 1. The first-order valence-electron chi connectivity index (χ1n) is 6.13. The molecule has 0 fully saturated rings. The SMILES string of the molecule is CN(CC(=O)Nc1c(Cl)cccc1Cl)C(=O)c1ccc(Br)s1. The molecule has 0 radical (unpaired) electrons. The standard InChI is InChI=1S/C14H11BrCl2N2O2S/c1-19(14(21)10-5-6-11(15)22-10)7-12(20)18-13-8(16)3-2-4-9(13)17/h2-6H,7H2,1H3,(H,18,20). The van der Waals surface area contributed by atoms with Gasteiger partial charge in [-0.05, 0) is 40.2 Å². The van der Waals surface area contributed by atoms with Gasteiger partial charge in [0, 0.05) is 7.05 Å². The van der Waals surface area contributed by atoms with E-state index in [0.29, 0.717) is 20.6 Å². The number of halogens is 3. The number of carbonyl (C=O) groups is 2. The molecule has 0 bridgehead atoms. The minimum atomic E-state index is -0.374. The number of rotatable bonds is 4. The molecule has 1 N–H and O–H groups in total. The molecule has 0 atom stereocenters. The Kier molecular flexibility index (Phi) is 5.86. The Morgan fingerprint density at radius 3 is 2.41 bits per heavy atom. The fourth-order valence-corrected chi connectivity index (χ4v) is 3.57. The largest absolute Gasteiger partial charge is 0.332 e. The number of likely N-dealkylation sites (N-methyl/N-ethyl adjacent to an activating group) is 1. The minimum absolute atomic E-state index is 0.101. The molecule has 0 saturated carbocycles. The van der Waals surface area contributed by atoms with Gasteiger partial charge in [0.2, 0.25) is 5.91 Å². The molecular weight excluding hydrogens is 411 g/mol. The van der Waals surface area contributed by atoms with E-state index in [4.69, 9.17) is 23.2 Å². The quantitative estimate of drug-likeness (QED) is 0.788. The first-order chi connectivity index (χ1) is 10.4. The van der Waals surface area contributed by atoms with Crippen LogP contribution in [0.2, 0.25) is 10.0 Å². The molecule has 1 aromatic heterocycles. The van der Waals surface area contributed by atoms with Crippen molar-refractivity contribution in [3.05, 3.63) is 49.0 Å². The lowest BCUT2D eigenvalue weighted by molar-refractivity contribution is -0.116. The number of carbonyl (C=O) groups excluding carboxylic acids is 2. The van der Waals surface area contributed by atoms with Gasteiger partial charge in [0.15, 0.2) is 0 Å². The maximum absolute atomic E-state index is 12.2. The molecule has 2 rings (SSSR count). The highest BCUT2D eigenvalue weighted by Gasteiger charge is 2.18. The van der Waals surface area contributed by atoms with Crippen molar-refractivity contribution in [1.82, 2.24) is 4.90 Å². The molecule has 0 spiro atoms. The van der Waals surface area contributed by atoms with Gasteiger partial charge in [-0.15, -0.1) is 11.3 Å². The second kappa shape index (κ2) is 7.46. The zero-order valence-corrected chi connectivity index (χ0v) is 15.3. The van der Waals surface area contributed by atoms with Gasteiger partial charge in [0.25, 0.3) is 5.91 Å². The summed E-state index contributed by atoms with van der Waals surface area (Å²) in [4.78, 5) is 26.1. The van der Waals surface area contributed by atoms with Crippen LogP contribution < -0.4 is 5.32 Å². The monoisotopic (exact) mass is 420 g/mol. The lowest BCUT2D eigenvalue weighted by Gasteiger charge is -2.16. The molecule has 116 valence electrons. The lowest BCUT2D eigenvalue weighted by Crippen LogP contribution is -2.34. The Bertz CT molecular complexity index is 700. The smallest absolute Gasteiger partial charge is 0.264 e. The van der Waals surface area contributed by atoms with E-state index >= 15 is 0 Å². The maximum Gasteiger partial charge on any atom is 0.264 e. The van der Waals surface area contributed by atoms with Crippen LogP contribution >= 0.6 is 50.5 Å². The fourth-order valence-electron chi connectivity index (χ4n) is 1.70. The van der Waals surface area contributed by atoms with Crippen LogP contribution in [0.4, 0.5) is 5.69 Å². The summed E-state index contributed by atoms with van der Waals surface area (Å²) in [5.41, 5.74) is 0.343. The summed E-state index contributed by atoms with van der Waals surface area (Å²) in [5.74, 6) is -0.599. The van der Waals surface area contributed by atoms with E-state index < -0.39 is 0 Å². The zero-order chi connectivity index (χ0) is 16.3. The van der Waals surface area contributed by atoms with Crippen LogP contribution in [-0.4, -0.2) is 30.3 Å². The van der Waals surface area contributed by atoms with E-state index in [1.807, 2.05) is 0 Å². The average molecular weight is 422 g/mol. The molecule has 8 heteroatoms. The lowest BCUT2D eigenvalue weighted by atomic mass is 10.3. The highest BCUT2D eigenvalue weighted by Crippen LogP contribution is 2.29. The topological polar surface area (TPSA) is 49.4 Å². The summed E-state index contributed by atoms with van der Waals surface area (Å²) in [6, 6.07) is 8.43. The summed E-state index contributed by atoms with van der Waals surface area (Å²) >= 11 is 16.6. The minimum Gasteiger partial charge on any atom is -0.332 e. The fraction of sp³-hybridized carbons (Fsp3) is 0.143. The molecule has 4 nitrogen and oxygen atoms in total. The number of hydrogen-bond donors (Lipinski definition) is 1. The van der Waals surface area contributed by atoms with E-state index in [2.05, 4.69) is 21.2 Å². The van der Waals surface area contributed by atoms with Gasteiger partial charge in [0.05, 0.1) is 30.9 Å². The summed E-state index contributed by atoms with van der Waals surface area (Å²) < 4.78 is 0.858. The van der Waals surface area contributed by atoms with Crippen LogP contribution in [0.5, 0.6) is 0 Å². The first kappa shape index (κ1) is 17.3. The van der Waals surface area contributed by atoms with Gasteiger partial charge < -0.3 is 10.2 Å². The van der Waals surface area contributed by atoms with Crippen LogP contribution in [0.15, 0.2) is 34.1 Å². The summed E-state index contributed by atoms with van der Waals surface area (Å²) in [6.07, 6.45) is 0. The molecular formula is C14H11BrCl2N2O2S. The second-order valence-corrected chi connectivity index (χ2v) is 7.69. The Balaban J connectivity index is 2.01. The molecule has 1 heterocycles. The van der Waals surface area contributed by atoms with Gasteiger partial charge in [-0.1, -0.05) is 29.3 Å². The molecule has 0 aliphatic carbocycles. The van der Waals surface area contributed by atoms with Crippen molar-refractivity contribution in [3.8, 4) is 0 Å². The summed E-state index contributed by atoms with van der Waals surface area (Å²) in [6.45, 7) is -0.101. The number of thiophene rings is 1. The average Bonchev–Trinajstić information content (AvgIpc) is 2.88. The van der Waals surface area contributed by atoms with Crippen LogP contribution in [0, 0.1) is 0 Å². The third-order valence-electron chi connectivity index (χ3n) is 2.74. The van der Waals surface area contributed by atoms with Crippen LogP contribution in [0.25, 0.3) is 0 Å². The van der Waals surface area contributed by atoms with Crippen molar-refractivity contribution in [2.75, 3.05) is 18.9 Å². The van der Waals surface area contributed by atoms with Gasteiger partial charge >= 0.3 is 0 Å². The van der Waals surface area contributed by atoms with E-state index in [1.54, 1.807) is 37.4 Å². The Morgan fingerprint density at radius 2 is 1.86 bits per heavy atom. The number of nitrogens with zero attached hydrogens (tertiary/aromatic N) is 1. The second-order valence-electron chi connectivity index (χ2n) is 4.41. The Hall–Kier alpha value is -1.08. The number of amides is 2. The number of nitrogens with one attached hydrogen (secondary N) is 1. The van der Waals surface area contributed by atoms with Crippen molar-refractivity contribution in [1.29, 1.82) is 0 Å². The highest BCUT2D eigenvalue weighted by atomic mass is 79.9. The van der Waals surface area contributed by atoms with E-state index in [0.717, 1.165) is 3.79 Å². The van der Waals surface area contributed by atoms with Gasteiger partial charge in [0.1, 0.15) is 0 Å². The highest BCUT2D eigenvalue weighted by molar-refractivity contribution is 9.11. The summed E-state index contributed by atoms with van der Waals surface area (Å²) in [7, 11) is 1.56. The molecule has 22 heavy (non-hydrogen) atoms. The van der Waals surface area contributed by atoms with Crippen molar-refractivity contribution < 1.29 is 9.59 Å². The van der Waals surface area contributed by atoms with Crippen molar-refractivity contribution in [3.63, 3.8) is 0 Å². The molecule has 1 aromatic carbocycles. The van der Waals surface area contributed by atoms with Gasteiger partial charge in [-0.2, -0.15) is 0 Å². The van der Waals surface area contributed by atoms with E-state index in [9.17, 15) is 9.59 Å². The molecule has 2 aromatic rings. The zero-order valence-electron chi connectivity index (χ0n) is 11.4. The number of anilines is 1. The van der Waals surface area contributed by atoms with Crippen LogP contribution in [-0.2, 0) is 4.79 Å². The molecule has 0 aliphatic heterocycles. The van der Waals surface area contributed by atoms with Crippen LogP contribution in [0.3, 0.4) is 0 Å². The number of benzene rings is 1. The van der Waals surface area contributed by atoms with Gasteiger partial charge in [-0.3, -0.25) is 9.59 Å². The normalized spacial score (nSPS) is 10.4. The Labute approximate surface area is 150 Å². The third kappa shape index (κ3) is 4.23. The van der Waals surface area contributed by atoms with E-state index in [-0.39, 0.29) is 18.4 Å². The van der Waals surface area contributed by atoms with Crippen LogP contribution in [0.1, 0.15) is 9.67 Å². The third-order valence-corrected chi connectivity index (χ3v) is 4.98. The Morgan fingerprint density at radius 1 is 1.23 bits per heavy atom. The molecule has 2 amide bonds.